The first-order valence-corrected chi connectivity index (χ1v) is 12.1. The molecule has 2 amide bonds. The van der Waals surface area contributed by atoms with Crippen LogP contribution in [0.4, 0.5) is 0 Å². The minimum atomic E-state index is -3.75. The molecule has 10 heteroatoms. The van der Waals surface area contributed by atoms with Crippen LogP contribution in [-0.2, 0) is 24.5 Å². The van der Waals surface area contributed by atoms with Gasteiger partial charge in [0, 0.05) is 24.6 Å². The van der Waals surface area contributed by atoms with Gasteiger partial charge in [-0.25, -0.2) is 16.8 Å². The van der Waals surface area contributed by atoms with Crippen molar-refractivity contribution in [1.82, 2.24) is 4.90 Å². The number of hydrogen-bond donors (Lipinski definition) is 1. The van der Waals surface area contributed by atoms with Crippen molar-refractivity contribution in [2.75, 3.05) is 24.6 Å². The Hall–Kier alpha value is -1.94. The first kappa shape index (κ1) is 19.8. The molecular weight excluding hydrogens is 392 g/mol. The number of nitrogens with two attached hydrogens (primary N) is 1. The highest BCUT2D eigenvalue weighted by molar-refractivity contribution is 7.96. The Bertz CT molecular complexity index is 946. The SMILES string of the molecule is NC(=O)C1CCN(C(=O)c2ccc(S(=O)(=O)[C@H]3CCS(=O)(=O)C3)cc2)CC1. The van der Waals surface area contributed by atoms with Crippen molar-refractivity contribution >= 4 is 31.5 Å². The summed E-state index contributed by atoms with van der Waals surface area (Å²) in [6.45, 7) is 0.846. The van der Waals surface area contributed by atoms with Crippen LogP contribution in [0.3, 0.4) is 0 Å². The summed E-state index contributed by atoms with van der Waals surface area (Å²) in [5.74, 6) is -1.28. The van der Waals surface area contributed by atoms with Crippen molar-refractivity contribution in [2.24, 2.45) is 11.7 Å². The van der Waals surface area contributed by atoms with Crippen LogP contribution >= 0.6 is 0 Å². The highest BCUT2D eigenvalue weighted by atomic mass is 32.2. The molecule has 1 atom stereocenters. The molecule has 148 valence electrons. The molecule has 0 aromatic heterocycles. The molecule has 2 aliphatic heterocycles. The van der Waals surface area contributed by atoms with Crippen LogP contribution in [0, 0.1) is 5.92 Å². The molecule has 2 aliphatic rings. The predicted molar refractivity (Wildman–Crippen MR) is 98.5 cm³/mol. The van der Waals surface area contributed by atoms with Crippen molar-refractivity contribution in [1.29, 1.82) is 0 Å². The molecule has 1 aromatic carbocycles. The Labute approximate surface area is 158 Å². The number of piperidine rings is 1. The first-order valence-electron chi connectivity index (χ1n) is 8.73. The van der Waals surface area contributed by atoms with Gasteiger partial charge in [-0.2, -0.15) is 0 Å². The molecule has 0 unspecified atom stereocenters. The summed E-state index contributed by atoms with van der Waals surface area (Å²) in [5.41, 5.74) is 5.64. The molecule has 2 saturated heterocycles. The van der Waals surface area contributed by atoms with Gasteiger partial charge in [0.1, 0.15) is 0 Å². The molecule has 0 bridgehead atoms. The highest BCUT2D eigenvalue weighted by Gasteiger charge is 2.38. The van der Waals surface area contributed by atoms with E-state index in [0.29, 0.717) is 31.5 Å². The van der Waals surface area contributed by atoms with E-state index >= 15 is 0 Å². The second kappa shape index (κ2) is 7.23. The standard InChI is InChI=1S/C17H22N2O6S2/c18-16(20)12-5-8-19(9-6-12)17(21)13-1-3-14(4-2-13)27(24,25)15-7-10-26(22,23)11-15/h1-4,12,15H,5-11H2,(H2,18,20)/t15-/m0/s1. The van der Waals surface area contributed by atoms with Crippen molar-refractivity contribution in [2.45, 2.75) is 29.4 Å². The third kappa shape index (κ3) is 4.16. The third-order valence-electron chi connectivity index (χ3n) is 5.24. The number of sulfone groups is 2. The van der Waals surface area contributed by atoms with Gasteiger partial charge in [0.05, 0.1) is 21.7 Å². The zero-order valence-corrected chi connectivity index (χ0v) is 16.3. The fourth-order valence-electron chi connectivity index (χ4n) is 3.53. The molecular formula is C17H22N2O6S2. The minimum absolute atomic E-state index is 0.0218. The Morgan fingerprint density at radius 1 is 1.04 bits per heavy atom. The summed E-state index contributed by atoms with van der Waals surface area (Å²) in [6, 6.07) is 5.59. The number of primary amides is 1. The fraction of sp³-hybridized carbons (Fsp3) is 0.529. The van der Waals surface area contributed by atoms with E-state index in [1.54, 1.807) is 4.90 Å². The fourth-order valence-corrected chi connectivity index (χ4v) is 7.89. The molecule has 0 radical (unpaired) electrons. The van der Waals surface area contributed by atoms with Crippen molar-refractivity contribution in [3.63, 3.8) is 0 Å². The van der Waals surface area contributed by atoms with Crippen LogP contribution in [0.2, 0.25) is 0 Å². The van der Waals surface area contributed by atoms with Gasteiger partial charge in [0.15, 0.2) is 19.7 Å². The molecule has 2 fully saturated rings. The van der Waals surface area contributed by atoms with Crippen LogP contribution in [0.5, 0.6) is 0 Å². The number of carbonyl (C=O) groups is 2. The number of hydrogen-bond acceptors (Lipinski definition) is 6. The highest BCUT2D eigenvalue weighted by Crippen LogP contribution is 2.26. The zero-order chi connectivity index (χ0) is 19.8. The van der Waals surface area contributed by atoms with Crippen molar-refractivity contribution < 1.29 is 26.4 Å². The van der Waals surface area contributed by atoms with Crippen LogP contribution in [0.25, 0.3) is 0 Å². The quantitative estimate of drug-likeness (QED) is 0.737. The lowest BCUT2D eigenvalue weighted by atomic mass is 9.96. The maximum atomic E-state index is 12.6. The van der Waals surface area contributed by atoms with Gasteiger partial charge >= 0.3 is 0 Å². The monoisotopic (exact) mass is 414 g/mol. The van der Waals surface area contributed by atoms with Gasteiger partial charge in [-0.3, -0.25) is 9.59 Å². The first-order chi connectivity index (χ1) is 12.6. The summed E-state index contributed by atoms with van der Waals surface area (Å²) >= 11 is 0. The van der Waals surface area contributed by atoms with E-state index in [1.807, 2.05) is 0 Å². The lowest BCUT2D eigenvalue weighted by Gasteiger charge is -2.30. The predicted octanol–water partition coefficient (Wildman–Crippen LogP) is -0.0151. The molecule has 0 aliphatic carbocycles. The van der Waals surface area contributed by atoms with E-state index in [1.165, 1.54) is 24.3 Å². The van der Waals surface area contributed by atoms with E-state index in [9.17, 15) is 26.4 Å². The Balaban J connectivity index is 1.70. The largest absolute Gasteiger partial charge is 0.369 e. The third-order valence-corrected chi connectivity index (χ3v) is 9.43. The van der Waals surface area contributed by atoms with Crippen LogP contribution in [0.1, 0.15) is 29.6 Å². The Morgan fingerprint density at radius 3 is 2.11 bits per heavy atom. The molecule has 2 N–H and O–H groups in total. The molecule has 3 rings (SSSR count). The smallest absolute Gasteiger partial charge is 0.253 e. The van der Waals surface area contributed by atoms with Gasteiger partial charge in [-0.15, -0.1) is 0 Å². The lowest BCUT2D eigenvalue weighted by molar-refractivity contribution is -0.123. The number of nitrogens with zero attached hydrogens (tertiary/aromatic N) is 1. The molecule has 27 heavy (non-hydrogen) atoms. The molecule has 8 nitrogen and oxygen atoms in total. The summed E-state index contributed by atoms with van der Waals surface area (Å²) in [6.07, 6.45) is 1.13. The van der Waals surface area contributed by atoms with Gasteiger partial charge in [0.2, 0.25) is 5.91 Å². The normalized spacial score (nSPS) is 23.3. The van der Waals surface area contributed by atoms with E-state index in [2.05, 4.69) is 0 Å². The summed E-state index contributed by atoms with van der Waals surface area (Å²) in [7, 11) is -7.06. The zero-order valence-electron chi connectivity index (χ0n) is 14.7. The minimum Gasteiger partial charge on any atom is -0.369 e. The average molecular weight is 415 g/mol. The molecule has 2 heterocycles. The summed E-state index contributed by atoms with van der Waals surface area (Å²) < 4.78 is 48.3. The van der Waals surface area contributed by atoms with Crippen LogP contribution in [-0.4, -0.2) is 63.4 Å². The maximum Gasteiger partial charge on any atom is 0.253 e. The van der Waals surface area contributed by atoms with E-state index in [0.717, 1.165) is 0 Å². The van der Waals surface area contributed by atoms with Gasteiger partial charge in [0.25, 0.3) is 5.91 Å². The Kier molecular flexibility index (Phi) is 5.31. The van der Waals surface area contributed by atoms with Gasteiger partial charge < -0.3 is 10.6 Å². The number of likely N-dealkylation sites (tertiary alicyclic amines) is 1. The van der Waals surface area contributed by atoms with Gasteiger partial charge in [-0.05, 0) is 43.5 Å². The molecule has 0 saturated carbocycles. The van der Waals surface area contributed by atoms with Crippen LogP contribution in [0.15, 0.2) is 29.2 Å². The molecule has 1 aromatic rings. The van der Waals surface area contributed by atoms with Crippen molar-refractivity contribution in [3.05, 3.63) is 29.8 Å². The second-order valence-corrected chi connectivity index (χ2v) is 11.5. The van der Waals surface area contributed by atoms with Gasteiger partial charge in [-0.1, -0.05) is 0 Å². The summed E-state index contributed by atoms with van der Waals surface area (Å²) in [5, 5.41) is -0.933. The average Bonchev–Trinajstić information content (AvgIpc) is 3.02. The van der Waals surface area contributed by atoms with E-state index in [-0.39, 0.29) is 40.6 Å². The number of amides is 2. The van der Waals surface area contributed by atoms with E-state index < -0.39 is 24.9 Å². The van der Waals surface area contributed by atoms with Crippen LogP contribution < -0.4 is 5.73 Å². The Morgan fingerprint density at radius 2 is 1.63 bits per heavy atom. The maximum absolute atomic E-state index is 12.6. The topological polar surface area (TPSA) is 132 Å². The summed E-state index contributed by atoms with van der Waals surface area (Å²) in [4.78, 5) is 25.4. The second-order valence-electron chi connectivity index (χ2n) is 7.06. The lowest BCUT2D eigenvalue weighted by Crippen LogP contribution is -2.41. The number of rotatable bonds is 4. The van der Waals surface area contributed by atoms with Crippen molar-refractivity contribution in [3.8, 4) is 0 Å². The number of benzene rings is 1. The molecule has 0 spiro atoms. The number of carbonyl (C=O) groups excluding carboxylic acids is 2. The van der Waals surface area contributed by atoms with E-state index in [4.69, 9.17) is 5.73 Å².